The Balaban J connectivity index is 2.41. The van der Waals surface area contributed by atoms with E-state index in [0.717, 1.165) is 12.8 Å². The summed E-state index contributed by atoms with van der Waals surface area (Å²) in [6, 6.07) is -0.361. The van der Waals surface area contributed by atoms with Crippen LogP contribution in [0.2, 0.25) is 0 Å². The summed E-state index contributed by atoms with van der Waals surface area (Å²) in [5.74, 6) is 0.419. The van der Waals surface area contributed by atoms with Crippen LogP contribution in [-0.2, 0) is 4.74 Å². The Hall–Kier alpha value is -0.810. The molecule has 1 unspecified atom stereocenters. The summed E-state index contributed by atoms with van der Waals surface area (Å²) in [6.07, 6.45) is 1.91. The average Bonchev–Trinajstić information content (AvgIpc) is 2.14. The molecule has 0 aromatic rings. The number of carboxylic acid groups (broad SMARTS) is 1. The minimum atomic E-state index is -1.08. The summed E-state index contributed by atoms with van der Waals surface area (Å²) in [7, 11) is 0. The minimum absolute atomic E-state index is 0.146. The van der Waals surface area contributed by atoms with Gasteiger partial charge in [-0.1, -0.05) is 0 Å². The van der Waals surface area contributed by atoms with E-state index >= 15 is 0 Å². The number of hydrogen-bond donors (Lipinski definition) is 3. The van der Waals surface area contributed by atoms with Crippen LogP contribution in [0.15, 0.2) is 0 Å². The van der Waals surface area contributed by atoms with Gasteiger partial charge >= 0.3 is 6.09 Å². The monoisotopic (exact) mass is 231 g/mol. The first-order valence-electron chi connectivity index (χ1n) is 5.77. The van der Waals surface area contributed by atoms with Crippen molar-refractivity contribution < 1.29 is 19.7 Å². The smallest absolute Gasteiger partial charge is 0.404 e. The van der Waals surface area contributed by atoms with Gasteiger partial charge in [0, 0.05) is 0 Å². The molecular weight excluding hydrogens is 210 g/mol. The molecule has 0 spiro atoms. The van der Waals surface area contributed by atoms with Gasteiger partial charge in [0.2, 0.25) is 0 Å². The highest BCUT2D eigenvalue weighted by molar-refractivity contribution is 5.64. The molecule has 0 aromatic heterocycles. The number of aliphatic hydroxyl groups is 1. The van der Waals surface area contributed by atoms with E-state index < -0.39 is 6.09 Å². The van der Waals surface area contributed by atoms with Crippen LogP contribution in [0.5, 0.6) is 0 Å². The Morgan fingerprint density at radius 1 is 1.44 bits per heavy atom. The predicted octanol–water partition coefficient (Wildman–Crippen LogP) is 1.21. The molecule has 1 aliphatic heterocycles. The Morgan fingerprint density at radius 2 is 2.00 bits per heavy atom. The van der Waals surface area contributed by atoms with Crippen molar-refractivity contribution >= 4 is 6.09 Å². The number of ether oxygens (including phenoxy) is 1. The summed E-state index contributed by atoms with van der Waals surface area (Å²) in [5, 5.41) is 20.0. The zero-order valence-corrected chi connectivity index (χ0v) is 9.85. The SMILES string of the molecule is C[C@@H]1CC(C[C@@H](CO)NC(=O)O)C[C@H](C)O1. The van der Waals surface area contributed by atoms with Crippen LogP contribution in [0, 0.1) is 5.92 Å². The topological polar surface area (TPSA) is 78.8 Å². The molecule has 1 rings (SSSR count). The number of amides is 1. The maximum atomic E-state index is 10.5. The molecule has 1 heterocycles. The normalized spacial score (nSPS) is 32.1. The minimum Gasteiger partial charge on any atom is -0.465 e. The van der Waals surface area contributed by atoms with Gasteiger partial charge in [-0.15, -0.1) is 0 Å². The molecule has 5 nitrogen and oxygen atoms in total. The molecule has 4 atom stereocenters. The lowest BCUT2D eigenvalue weighted by Crippen LogP contribution is -2.40. The third-order valence-electron chi connectivity index (χ3n) is 2.96. The molecule has 94 valence electrons. The van der Waals surface area contributed by atoms with Gasteiger partial charge in [0.15, 0.2) is 0 Å². The fourth-order valence-corrected chi connectivity index (χ4v) is 2.49. The largest absolute Gasteiger partial charge is 0.465 e. The Kier molecular flexibility index (Phi) is 5.02. The quantitative estimate of drug-likeness (QED) is 0.679. The van der Waals surface area contributed by atoms with Crippen molar-refractivity contribution in [2.45, 2.75) is 51.4 Å². The van der Waals surface area contributed by atoms with Crippen molar-refractivity contribution in [1.29, 1.82) is 0 Å². The van der Waals surface area contributed by atoms with Gasteiger partial charge < -0.3 is 20.3 Å². The lowest BCUT2D eigenvalue weighted by atomic mass is 9.87. The van der Waals surface area contributed by atoms with Gasteiger partial charge in [-0.3, -0.25) is 0 Å². The third-order valence-corrected chi connectivity index (χ3v) is 2.96. The van der Waals surface area contributed by atoms with Crippen LogP contribution < -0.4 is 5.32 Å². The maximum Gasteiger partial charge on any atom is 0.404 e. The van der Waals surface area contributed by atoms with Gasteiger partial charge in [0.05, 0.1) is 24.9 Å². The Bertz CT molecular complexity index is 224. The van der Waals surface area contributed by atoms with Crippen molar-refractivity contribution in [3.8, 4) is 0 Å². The molecule has 1 fully saturated rings. The van der Waals surface area contributed by atoms with Crippen LogP contribution in [0.1, 0.15) is 33.1 Å². The van der Waals surface area contributed by atoms with E-state index in [9.17, 15) is 4.79 Å². The predicted molar refractivity (Wildman–Crippen MR) is 59.4 cm³/mol. The van der Waals surface area contributed by atoms with Crippen molar-refractivity contribution in [3.63, 3.8) is 0 Å². The highest BCUT2D eigenvalue weighted by atomic mass is 16.5. The molecule has 5 heteroatoms. The molecule has 1 amide bonds. The van der Waals surface area contributed by atoms with Gasteiger partial charge in [0.25, 0.3) is 0 Å². The zero-order valence-electron chi connectivity index (χ0n) is 9.85. The first-order valence-corrected chi connectivity index (χ1v) is 5.77. The lowest BCUT2D eigenvalue weighted by Gasteiger charge is -2.33. The molecule has 1 saturated heterocycles. The Labute approximate surface area is 95.8 Å². The van der Waals surface area contributed by atoms with Crippen molar-refractivity contribution in [1.82, 2.24) is 5.32 Å². The number of carbonyl (C=O) groups is 1. The standard InChI is InChI=1S/C11H21NO4/c1-7-3-9(4-8(2)16-7)5-10(6-13)12-11(14)15/h7-10,12-13H,3-6H2,1-2H3,(H,14,15)/t7-,8+,9?,10-/m0/s1. The van der Waals surface area contributed by atoms with E-state index in [1.54, 1.807) is 0 Å². The van der Waals surface area contributed by atoms with Crippen LogP contribution >= 0.6 is 0 Å². The second kappa shape index (κ2) is 6.06. The summed E-state index contributed by atoms with van der Waals surface area (Å²) in [5.41, 5.74) is 0. The molecule has 0 aromatic carbocycles. The van der Waals surface area contributed by atoms with Crippen LogP contribution in [0.3, 0.4) is 0 Å². The average molecular weight is 231 g/mol. The first-order chi connectivity index (χ1) is 7.51. The second-order valence-corrected chi connectivity index (χ2v) is 4.66. The van der Waals surface area contributed by atoms with Gasteiger partial charge in [-0.2, -0.15) is 0 Å². The molecule has 0 radical (unpaired) electrons. The second-order valence-electron chi connectivity index (χ2n) is 4.66. The summed E-state index contributed by atoms with van der Waals surface area (Å²) in [4.78, 5) is 10.5. The third kappa shape index (κ3) is 4.37. The summed E-state index contributed by atoms with van der Waals surface area (Å²) >= 11 is 0. The maximum absolute atomic E-state index is 10.5. The molecular formula is C11H21NO4. The van der Waals surface area contributed by atoms with E-state index in [1.807, 2.05) is 13.8 Å². The number of hydrogen-bond acceptors (Lipinski definition) is 3. The van der Waals surface area contributed by atoms with Crippen LogP contribution in [0.25, 0.3) is 0 Å². The van der Waals surface area contributed by atoms with E-state index in [4.69, 9.17) is 14.9 Å². The summed E-state index contributed by atoms with van der Waals surface area (Å²) < 4.78 is 5.61. The molecule has 0 bridgehead atoms. The molecule has 16 heavy (non-hydrogen) atoms. The fraction of sp³-hybridized carbons (Fsp3) is 0.909. The van der Waals surface area contributed by atoms with E-state index in [1.165, 1.54) is 0 Å². The van der Waals surface area contributed by atoms with E-state index in [2.05, 4.69) is 5.32 Å². The number of nitrogens with one attached hydrogen (secondary N) is 1. The van der Waals surface area contributed by atoms with E-state index in [-0.39, 0.29) is 24.9 Å². The van der Waals surface area contributed by atoms with Gasteiger partial charge in [0.1, 0.15) is 0 Å². The van der Waals surface area contributed by atoms with Gasteiger partial charge in [-0.05, 0) is 39.0 Å². The van der Waals surface area contributed by atoms with Gasteiger partial charge in [-0.25, -0.2) is 4.79 Å². The molecule has 3 N–H and O–H groups in total. The molecule has 0 saturated carbocycles. The highest BCUT2D eigenvalue weighted by Crippen LogP contribution is 2.28. The first kappa shape index (κ1) is 13.3. The zero-order chi connectivity index (χ0) is 12.1. The molecule has 1 aliphatic rings. The number of aliphatic hydroxyl groups excluding tert-OH is 1. The molecule has 0 aliphatic carbocycles. The van der Waals surface area contributed by atoms with Crippen molar-refractivity contribution in [3.05, 3.63) is 0 Å². The summed E-state index contributed by atoms with van der Waals surface area (Å²) in [6.45, 7) is 3.91. The lowest BCUT2D eigenvalue weighted by molar-refractivity contribution is -0.0555. The Morgan fingerprint density at radius 3 is 2.44 bits per heavy atom. The fourth-order valence-electron chi connectivity index (χ4n) is 2.49. The van der Waals surface area contributed by atoms with E-state index in [0.29, 0.717) is 12.3 Å². The number of rotatable bonds is 4. The van der Waals surface area contributed by atoms with Crippen LogP contribution in [0.4, 0.5) is 4.79 Å². The van der Waals surface area contributed by atoms with Crippen LogP contribution in [-0.4, -0.2) is 41.2 Å². The van der Waals surface area contributed by atoms with Crippen molar-refractivity contribution in [2.24, 2.45) is 5.92 Å². The van der Waals surface area contributed by atoms with Crippen molar-refractivity contribution in [2.75, 3.05) is 6.61 Å². The highest BCUT2D eigenvalue weighted by Gasteiger charge is 2.26.